The number of thioether (sulfide) groups is 1. The highest BCUT2D eigenvalue weighted by Gasteiger charge is 2.12. The van der Waals surface area contributed by atoms with Crippen LogP contribution >= 0.6 is 11.8 Å². The van der Waals surface area contributed by atoms with Crippen LogP contribution in [-0.4, -0.2) is 11.7 Å². The number of amides is 1. The molecule has 0 aliphatic rings. The average molecular weight is 335 g/mol. The summed E-state index contributed by atoms with van der Waals surface area (Å²) >= 11 is 0.988. The first-order chi connectivity index (χ1) is 11.0. The van der Waals surface area contributed by atoms with Crippen molar-refractivity contribution in [3.8, 4) is 0 Å². The summed E-state index contributed by atoms with van der Waals surface area (Å²) in [5, 5.41) is 2.91. The topological polar surface area (TPSA) is 29.1 Å². The zero-order valence-electron chi connectivity index (χ0n) is 13.2. The lowest BCUT2D eigenvalue weighted by molar-refractivity contribution is -0.113. The van der Waals surface area contributed by atoms with Gasteiger partial charge in [0.1, 0.15) is 11.6 Å². The van der Waals surface area contributed by atoms with Crippen LogP contribution in [0.1, 0.15) is 25.0 Å². The number of anilines is 1. The molecule has 1 N–H and O–H groups in total. The Morgan fingerprint density at radius 2 is 1.74 bits per heavy atom. The quantitative estimate of drug-likeness (QED) is 0.767. The molecule has 0 aromatic heterocycles. The Labute approximate surface area is 139 Å². The first-order valence-electron chi connectivity index (χ1n) is 7.53. The van der Waals surface area contributed by atoms with Crippen LogP contribution in [0.2, 0.25) is 0 Å². The van der Waals surface area contributed by atoms with Gasteiger partial charge in [0.25, 0.3) is 0 Å². The number of rotatable bonds is 6. The van der Waals surface area contributed by atoms with E-state index < -0.39 is 11.6 Å². The Kier molecular flexibility index (Phi) is 6.16. The number of carbonyl (C=O) groups excluding carboxylic acids is 1. The van der Waals surface area contributed by atoms with E-state index in [-0.39, 0.29) is 16.6 Å². The molecule has 0 spiro atoms. The first kappa shape index (κ1) is 17.5. The summed E-state index contributed by atoms with van der Waals surface area (Å²) in [6, 6.07) is 9.17. The molecule has 1 amide bonds. The monoisotopic (exact) mass is 335 g/mol. The van der Waals surface area contributed by atoms with Gasteiger partial charge in [0.05, 0.1) is 5.75 Å². The minimum Gasteiger partial charge on any atom is -0.325 e. The molecular weight excluding hydrogens is 316 g/mol. The Morgan fingerprint density at radius 1 is 1.09 bits per heavy atom. The molecule has 0 aliphatic heterocycles. The highest BCUT2D eigenvalue weighted by atomic mass is 32.2. The number of carbonyl (C=O) groups is 1. The molecule has 2 rings (SSSR count). The standard InChI is InChI=1S/C18H19F2NOS/c1-3-12-6-5-7-13(4-2)18(12)21-17(22)11-23-16-10-14(19)8-9-15(16)20/h5-10H,3-4,11H2,1-2H3,(H,21,22). The normalized spacial score (nSPS) is 10.6. The molecule has 0 aliphatic carbocycles. The van der Waals surface area contributed by atoms with Crippen molar-refractivity contribution in [2.45, 2.75) is 31.6 Å². The molecule has 0 saturated carbocycles. The van der Waals surface area contributed by atoms with Gasteiger partial charge in [0, 0.05) is 10.6 Å². The summed E-state index contributed by atoms with van der Waals surface area (Å²) in [4.78, 5) is 12.3. The van der Waals surface area contributed by atoms with E-state index in [0.29, 0.717) is 0 Å². The van der Waals surface area contributed by atoms with E-state index in [2.05, 4.69) is 5.32 Å². The van der Waals surface area contributed by atoms with E-state index in [1.165, 1.54) is 0 Å². The number of halogens is 2. The summed E-state index contributed by atoms with van der Waals surface area (Å²) < 4.78 is 26.7. The van der Waals surface area contributed by atoms with Crippen LogP contribution in [0.4, 0.5) is 14.5 Å². The van der Waals surface area contributed by atoms with Crippen molar-refractivity contribution in [2.24, 2.45) is 0 Å². The molecule has 2 aromatic carbocycles. The molecule has 0 unspecified atom stereocenters. The number of benzene rings is 2. The van der Waals surface area contributed by atoms with E-state index in [1.807, 2.05) is 32.0 Å². The molecule has 0 saturated heterocycles. The largest absolute Gasteiger partial charge is 0.325 e. The maximum atomic E-state index is 13.6. The zero-order chi connectivity index (χ0) is 16.8. The number of hydrogen-bond donors (Lipinski definition) is 1. The van der Waals surface area contributed by atoms with Gasteiger partial charge < -0.3 is 5.32 Å². The van der Waals surface area contributed by atoms with E-state index in [0.717, 1.165) is 59.6 Å². The molecule has 0 heterocycles. The molecular formula is C18H19F2NOS. The van der Waals surface area contributed by atoms with E-state index >= 15 is 0 Å². The second-order valence-electron chi connectivity index (χ2n) is 5.07. The van der Waals surface area contributed by atoms with Gasteiger partial charge >= 0.3 is 0 Å². The highest BCUT2D eigenvalue weighted by Crippen LogP contribution is 2.25. The van der Waals surface area contributed by atoms with Crippen molar-refractivity contribution in [1.29, 1.82) is 0 Å². The van der Waals surface area contributed by atoms with Crippen LogP contribution in [0.25, 0.3) is 0 Å². The summed E-state index contributed by atoms with van der Waals surface area (Å²) in [6.45, 7) is 4.06. The van der Waals surface area contributed by atoms with Gasteiger partial charge in [-0.25, -0.2) is 8.78 Å². The Morgan fingerprint density at radius 3 is 2.35 bits per heavy atom. The van der Waals surface area contributed by atoms with Gasteiger partial charge in [-0.2, -0.15) is 0 Å². The molecule has 23 heavy (non-hydrogen) atoms. The van der Waals surface area contributed by atoms with Gasteiger partial charge in [0.15, 0.2) is 0 Å². The van der Waals surface area contributed by atoms with Crippen molar-refractivity contribution in [3.63, 3.8) is 0 Å². The van der Waals surface area contributed by atoms with Crippen LogP contribution in [-0.2, 0) is 17.6 Å². The van der Waals surface area contributed by atoms with Crippen LogP contribution < -0.4 is 5.32 Å². The average Bonchev–Trinajstić information content (AvgIpc) is 2.55. The predicted octanol–water partition coefficient (Wildman–Crippen LogP) is 4.82. The van der Waals surface area contributed by atoms with E-state index in [4.69, 9.17) is 0 Å². The fraction of sp³-hybridized carbons (Fsp3) is 0.278. The Hall–Kier alpha value is -1.88. The number of nitrogens with one attached hydrogen (secondary N) is 1. The molecule has 0 bridgehead atoms. The Bertz CT molecular complexity index is 681. The van der Waals surface area contributed by atoms with Gasteiger partial charge in [0.2, 0.25) is 5.91 Å². The van der Waals surface area contributed by atoms with Crippen LogP contribution in [0.15, 0.2) is 41.3 Å². The molecule has 0 fully saturated rings. The van der Waals surface area contributed by atoms with Crippen molar-refractivity contribution >= 4 is 23.4 Å². The van der Waals surface area contributed by atoms with Crippen LogP contribution in [0.5, 0.6) is 0 Å². The summed E-state index contributed by atoms with van der Waals surface area (Å²) in [6.07, 6.45) is 1.63. The molecule has 2 nitrogen and oxygen atoms in total. The third-order valence-electron chi connectivity index (χ3n) is 3.52. The molecule has 5 heteroatoms. The third-order valence-corrected chi connectivity index (χ3v) is 4.55. The molecule has 0 radical (unpaired) electrons. The zero-order valence-corrected chi connectivity index (χ0v) is 14.0. The van der Waals surface area contributed by atoms with Crippen molar-refractivity contribution in [3.05, 3.63) is 59.2 Å². The summed E-state index contributed by atoms with van der Waals surface area (Å²) in [5.74, 6) is -1.23. The lowest BCUT2D eigenvalue weighted by Gasteiger charge is -2.14. The maximum absolute atomic E-state index is 13.6. The number of para-hydroxylation sites is 1. The highest BCUT2D eigenvalue weighted by molar-refractivity contribution is 8.00. The van der Waals surface area contributed by atoms with E-state index in [9.17, 15) is 13.6 Å². The second-order valence-corrected chi connectivity index (χ2v) is 6.09. The summed E-state index contributed by atoms with van der Waals surface area (Å²) in [5.41, 5.74) is 2.97. The van der Waals surface area contributed by atoms with Crippen molar-refractivity contribution < 1.29 is 13.6 Å². The fourth-order valence-corrected chi connectivity index (χ4v) is 3.07. The lowest BCUT2D eigenvalue weighted by Crippen LogP contribution is -2.16. The third kappa shape index (κ3) is 4.55. The molecule has 122 valence electrons. The van der Waals surface area contributed by atoms with Crippen molar-refractivity contribution in [1.82, 2.24) is 0 Å². The second kappa shape index (κ2) is 8.11. The summed E-state index contributed by atoms with van der Waals surface area (Å²) in [7, 11) is 0. The molecule has 0 atom stereocenters. The van der Waals surface area contributed by atoms with E-state index in [1.54, 1.807) is 0 Å². The van der Waals surface area contributed by atoms with Crippen molar-refractivity contribution in [2.75, 3.05) is 11.1 Å². The van der Waals surface area contributed by atoms with Gasteiger partial charge in [-0.05, 0) is 42.2 Å². The van der Waals surface area contributed by atoms with Gasteiger partial charge in [-0.15, -0.1) is 11.8 Å². The van der Waals surface area contributed by atoms with Gasteiger partial charge in [-0.3, -0.25) is 4.79 Å². The number of aryl methyl sites for hydroxylation is 2. The number of hydrogen-bond acceptors (Lipinski definition) is 2. The van der Waals surface area contributed by atoms with Crippen LogP contribution in [0.3, 0.4) is 0 Å². The fourth-order valence-electron chi connectivity index (χ4n) is 2.31. The Balaban J connectivity index is 2.07. The molecule has 2 aromatic rings. The minimum atomic E-state index is -0.521. The predicted molar refractivity (Wildman–Crippen MR) is 90.9 cm³/mol. The SMILES string of the molecule is CCc1cccc(CC)c1NC(=O)CSc1cc(F)ccc1F. The minimum absolute atomic E-state index is 0.0293. The smallest absolute Gasteiger partial charge is 0.234 e. The van der Waals surface area contributed by atoms with Gasteiger partial charge in [-0.1, -0.05) is 32.0 Å². The lowest BCUT2D eigenvalue weighted by atomic mass is 10.0. The first-order valence-corrected chi connectivity index (χ1v) is 8.52. The maximum Gasteiger partial charge on any atom is 0.234 e. The van der Waals surface area contributed by atoms with Crippen LogP contribution in [0, 0.1) is 11.6 Å².